The van der Waals surface area contributed by atoms with Crippen molar-refractivity contribution in [2.24, 2.45) is 0 Å². The maximum atomic E-state index is 12.6. The van der Waals surface area contributed by atoms with Crippen LogP contribution in [-0.2, 0) is 9.53 Å². The highest BCUT2D eigenvalue weighted by Gasteiger charge is 2.22. The molecular formula is C24H21N3O5S2. The number of methoxy groups -OCH3 is 2. The molecule has 1 atom stereocenters. The molecule has 2 heterocycles. The Labute approximate surface area is 204 Å². The van der Waals surface area contributed by atoms with Gasteiger partial charge in [-0.15, -0.1) is 22.7 Å². The van der Waals surface area contributed by atoms with E-state index in [0.29, 0.717) is 21.6 Å². The van der Waals surface area contributed by atoms with E-state index < -0.39 is 18.0 Å². The number of rotatable bonds is 8. The van der Waals surface area contributed by atoms with Crippen LogP contribution in [0.3, 0.4) is 0 Å². The zero-order valence-corrected chi connectivity index (χ0v) is 20.2. The van der Waals surface area contributed by atoms with Gasteiger partial charge in [0.25, 0.3) is 5.91 Å². The minimum absolute atomic E-state index is 0.120. The van der Waals surface area contributed by atoms with E-state index in [0.717, 1.165) is 16.8 Å². The molecule has 34 heavy (non-hydrogen) atoms. The standard InChI is InChI=1S/C24H21N3O5S2/c1-14(21(28)27-24-26-17(12-34-24)15-7-5-4-6-8-15)32-23(29)18-13-33-22(25-18)16-9-10-19(30-2)20(11-16)31-3/h4-14H,1-3H3,(H,26,27,28). The molecule has 10 heteroatoms. The summed E-state index contributed by atoms with van der Waals surface area (Å²) in [5.41, 5.74) is 2.60. The summed E-state index contributed by atoms with van der Waals surface area (Å²) < 4.78 is 15.9. The monoisotopic (exact) mass is 495 g/mol. The molecule has 0 aliphatic heterocycles. The maximum absolute atomic E-state index is 12.6. The van der Waals surface area contributed by atoms with E-state index in [1.165, 1.54) is 29.6 Å². The first-order valence-corrected chi connectivity index (χ1v) is 11.9. The number of esters is 1. The molecular weight excluding hydrogens is 474 g/mol. The average molecular weight is 496 g/mol. The summed E-state index contributed by atoms with van der Waals surface area (Å²) in [7, 11) is 3.11. The fourth-order valence-electron chi connectivity index (χ4n) is 3.02. The third-order valence-electron chi connectivity index (χ3n) is 4.80. The number of hydrogen-bond donors (Lipinski definition) is 1. The Balaban J connectivity index is 1.38. The van der Waals surface area contributed by atoms with Crippen molar-refractivity contribution in [2.75, 3.05) is 19.5 Å². The summed E-state index contributed by atoms with van der Waals surface area (Å²) in [5, 5.41) is 7.17. The number of benzene rings is 2. The zero-order valence-electron chi connectivity index (χ0n) is 18.6. The summed E-state index contributed by atoms with van der Waals surface area (Å²) in [4.78, 5) is 33.8. The summed E-state index contributed by atoms with van der Waals surface area (Å²) in [5.74, 6) is -0.00646. The predicted octanol–water partition coefficient (Wildman–Crippen LogP) is 5.13. The van der Waals surface area contributed by atoms with E-state index in [1.54, 1.807) is 31.7 Å². The van der Waals surface area contributed by atoms with Crippen LogP contribution in [0.5, 0.6) is 11.5 Å². The third kappa shape index (κ3) is 5.24. The van der Waals surface area contributed by atoms with Crippen LogP contribution in [0.2, 0.25) is 0 Å². The van der Waals surface area contributed by atoms with Crippen LogP contribution in [0.15, 0.2) is 59.3 Å². The lowest BCUT2D eigenvalue weighted by molar-refractivity contribution is -0.123. The third-order valence-corrected chi connectivity index (χ3v) is 6.45. The van der Waals surface area contributed by atoms with Gasteiger partial charge in [-0.05, 0) is 25.1 Å². The Hall–Kier alpha value is -3.76. The molecule has 4 rings (SSSR count). The van der Waals surface area contributed by atoms with Crippen LogP contribution in [0, 0.1) is 0 Å². The SMILES string of the molecule is COc1ccc(-c2nc(C(=O)OC(C)C(=O)Nc3nc(-c4ccccc4)cs3)cs2)cc1OC. The summed E-state index contributed by atoms with van der Waals surface area (Å²) >= 11 is 2.58. The molecule has 0 fully saturated rings. The van der Waals surface area contributed by atoms with E-state index in [1.807, 2.05) is 41.8 Å². The molecule has 0 saturated carbocycles. The Morgan fingerprint density at radius 1 is 0.912 bits per heavy atom. The van der Waals surface area contributed by atoms with Crippen molar-refractivity contribution >= 4 is 39.7 Å². The van der Waals surface area contributed by atoms with E-state index in [4.69, 9.17) is 14.2 Å². The van der Waals surface area contributed by atoms with E-state index in [-0.39, 0.29) is 5.69 Å². The molecule has 2 aromatic heterocycles. The molecule has 0 aliphatic rings. The topological polar surface area (TPSA) is 99.6 Å². The number of amides is 1. The van der Waals surface area contributed by atoms with Crippen molar-refractivity contribution in [2.45, 2.75) is 13.0 Å². The zero-order chi connectivity index (χ0) is 24.1. The Morgan fingerprint density at radius 2 is 1.68 bits per heavy atom. The smallest absolute Gasteiger partial charge is 0.358 e. The second kappa shape index (κ2) is 10.4. The molecule has 174 valence electrons. The van der Waals surface area contributed by atoms with Crippen LogP contribution in [0.25, 0.3) is 21.8 Å². The van der Waals surface area contributed by atoms with Crippen molar-refractivity contribution in [1.29, 1.82) is 0 Å². The molecule has 8 nitrogen and oxygen atoms in total. The number of ether oxygens (including phenoxy) is 3. The van der Waals surface area contributed by atoms with Crippen molar-refractivity contribution < 1.29 is 23.8 Å². The first-order valence-electron chi connectivity index (χ1n) is 10.2. The number of thiazole rings is 2. The molecule has 2 aromatic carbocycles. The fourth-order valence-corrected chi connectivity index (χ4v) is 4.53. The van der Waals surface area contributed by atoms with Crippen molar-refractivity contribution in [3.8, 4) is 33.3 Å². The molecule has 0 aliphatic carbocycles. The van der Waals surface area contributed by atoms with Crippen molar-refractivity contribution in [1.82, 2.24) is 9.97 Å². The van der Waals surface area contributed by atoms with Gasteiger partial charge in [0.2, 0.25) is 0 Å². The average Bonchev–Trinajstić information content (AvgIpc) is 3.54. The van der Waals surface area contributed by atoms with Gasteiger partial charge in [0.05, 0.1) is 19.9 Å². The van der Waals surface area contributed by atoms with Crippen LogP contribution in [0.1, 0.15) is 17.4 Å². The largest absolute Gasteiger partial charge is 0.493 e. The minimum atomic E-state index is -1.03. The van der Waals surface area contributed by atoms with Crippen molar-refractivity contribution in [3.05, 3.63) is 65.0 Å². The molecule has 4 aromatic rings. The number of nitrogens with one attached hydrogen (secondary N) is 1. The van der Waals surface area contributed by atoms with E-state index in [9.17, 15) is 9.59 Å². The Kier molecular flexibility index (Phi) is 7.19. The minimum Gasteiger partial charge on any atom is -0.493 e. The second-order valence-corrected chi connectivity index (χ2v) is 8.76. The first-order chi connectivity index (χ1) is 16.5. The number of anilines is 1. The van der Waals surface area contributed by atoms with Gasteiger partial charge in [0.15, 0.2) is 28.4 Å². The molecule has 0 bridgehead atoms. The lowest BCUT2D eigenvalue weighted by Gasteiger charge is -2.11. The Bertz CT molecular complexity index is 1300. The van der Waals surface area contributed by atoms with Gasteiger partial charge in [0, 0.05) is 21.9 Å². The highest BCUT2D eigenvalue weighted by Crippen LogP contribution is 2.33. The number of carbonyl (C=O) groups is 2. The molecule has 1 amide bonds. The number of hydrogen-bond acceptors (Lipinski definition) is 9. The first kappa shape index (κ1) is 23.4. The quantitative estimate of drug-likeness (QED) is 0.338. The number of carbonyl (C=O) groups excluding carboxylic acids is 2. The van der Waals surface area contributed by atoms with Crippen LogP contribution < -0.4 is 14.8 Å². The highest BCUT2D eigenvalue weighted by molar-refractivity contribution is 7.14. The van der Waals surface area contributed by atoms with Gasteiger partial charge in [0.1, 0.15) is 5.01 Å². The van der Waals surface area contributed by atoms with Crippen LogP contribution in [0.4, 0.5) is 5.13 Å². The highest BCUT2D eigenvalue weighted by atomic mass is 32.1. The summed E-state index contributed by atoms with van der Waals surface area (Å²) in [6.45, 7) is 1.50. The molecule has 1 unspecified atom stereocenters. The van der Waals surface area contributed by atoms with Crippen molar-refractivity contribution in [3.63, 3.8) is 0 Å². The van der Waals surface area contributed by atoms with Gasteiger partial charge in [-0.3, -0.25) is 10.1 Å². The van der Waals surface area contributed by atoms with Gasteiger partial charge >= 0.3 is 5.97 Å². The summed E-state index contributed by atoms with van der Waals surface area (Å²) in [6.07, 6.45) is -1.03. The van der Waals surface area contributed by atoms with E-state index in [2.05, 4.69) is 15.3 Å². The number of nitrogens with zero attached hydrogens (tertiary/aromatic N) is 2. The van der Waals surface area contributed by atoms with Gasteiger partial charge < -0.3 is 14.2 Å². The lowest BCUT2D eigenvalue weighted by atomic mass is 10.2. The predicted molar refractivity (Wildman–Crippen MR) is 132 cm³/mol. The van der Waals surface area contributed by atoms with Crippen LogP contribution in [-0.4, -0.2) is 42.2 Å². The summed E-state index contributed by atoms with van der Waals surface area (Å²) in [6, 6.07) is 15.0. The van der Waals surface area contributed by atoms with Gasteiger partial charge in [-0.25, -0.2) is 14.8 Å². The lowest BCUT2D eigenvalue weighted by Crippen LogP contribution is -2.30. The maximum Gasteiger partial charge on any atom is 0.358 e. The molecule has 0 radical (unpaired) electrons. The fraction of sp³-hybridized carbons (Fsp3) is 0.167. The molecule has 1 N–H and O–H groups in total. The second-order valence-electron chi connectivity index (χ2n) is 7.05. The molecule has 0 spiro atoms. The Morgan fingerprint density at radius 3 is 2.41 bits per heavy atom. The van der Waals surface area contributed by atoms with Crippen LogP contribution >= 0.6 is 22.7 Å². The van der Waals surface area contributed by atoms with Gasteiger partial charge in [-0.2, -0.15) is 0 Å². The molecule has 0 saturated heterocycles. The van der Waals surface area contributed by atoms with Gasteiger partial charge in [-0.1, -0.05) is 30.3 Å². The van der Waals surface area contributed by atoms with E-state index >= 15 is 0 Å². The number of aromatic nitrogens is 2. The normalized spacial score (nSPS) is 11.5.